The Morgan fingerprint density at radius 1 is 0.774 bits per heavy atom. The Morgan fingerprint density at radius 3 is 2.19 bits per heavy atom. The molecule has 1 radical (unpaired) electrons. The third-order valence-electron chi connectivity index (χ3n) is 9.51. The molecule has 5 aromatic carbocycles. The number of aromatic nitrogens is 3. The maximum Gasteiger partial charge on any atom is 0.0798 e. The first-order valence-electron chi connectivity index (χ1n) is 18.2. The van der Waals surface area contributed by atoms with E-state index >= 15 is 0 Å². The van der Waals surface area contributed by atoms with Gasteiger partial charge in [0.1, 0.15) is 0 Å². The zero-order valence-electron chi connectivity index (χ0n) is 31.9. The van der Waals surface area contributed by atoms with Crippen molar-refractivity contribution in [2.24, 2.45) is 5.92 Å². The maximum absolute atomic E-state index is 5.03. The topological polar surface area (TPSA) is 30.7 Å². The van der Waals surface area contributed by atoms with Crippen LogP contribution in [0.3, 0.4) is 0 Å². The normalized spacial score (nSPS) is 11.9. The number of hydrogen-bond donors (Lipinski definition) is 0. The van der Waals surface area contributed by atoms with Gasteiger partial charge in [-0.1, -0.05) is 114 Å². The van der Waals surface area contributed by atoms with E-state index < -0.39 is 8.07 Å². The molecule has 0 spiro atoms. The van der Waals surface area contributed by atoms with Crippen LogP contribution in [0, 0.1) is 18.1 Å². The van der Waals surface area contributed by atoms with Gasteiger partial charge in [0.05, 0.1) is 24.9 Å². The standard InChI is InChI=1S/C29H23N2S.C18H24NSi.Ir/c1-29(2,3)20-13-15-21(16-14-20)31-25-10-6-5-9-24(25)30-28(31)19-12-17-23-22-8-4-7-11-26(22)32-27(23)18-19;1-14(2)11-16-12-17(15-9-7-6-8-10-15)19-13-18(16)20(3,4)5;/h4-11,13-18H,1-3H3;6-9,12-14H,11H2,1-5H3;/q2*-1;. The summed E-state index contributed by atoms with van der Waals surface area (Å²) in [4.78, 5) is 9.71. The smallest absolute Gasteiger partial charge is 0.0798 e. The summed E-state index contributed by atoms with van der Waals surface area (Å²) < 4.78 is 4.83. The van der Waals surface area contributed by atoms with Crippen molar-refractivity contribution in [1.29, 1.82) is 0 Å². The predicted molar refractivity (Wildman–Crippen MR) is 227 cm³/mol. The van der Waals surface area contributed by atoms with Crippen LogP contribution in [0.1, 0.15) is 45.7 Å². The van der Waals surface area contributed by atoms with E-state index in [0.29, 0.717) is 5.92 Å². The minimum atomic E-state index is -1.34. The molecule has 271 valence electrons. The summed E-state index contributed by atoms with van der Waals surface area (Å²) in [5, 5.41) is 4.04. The first-order chi connectivity index (χ1) is 24.9. The van der Waals surface area contributed by atoms with E-state index in [1.165, 1.54) is 36.5 Å². The van der Waals surface area contributed by atoms with Crippen molar-refractivity contribution < 1.29 is 20.1 Å². The van der Waals surface area contributed by atoms with Crippen molar-refractivity contribution in [3.8, 4) is 28.3 Å². The molecule has 0 aliphatic carbocycles. The van der Waals surface area contributed by atoms with Gasteiger partial charge in [-0.05, 0) is 74.6 Å². The van der Waals surface area contributed by atoms with Gasteiger partial charge >= 0.3 is 0 Å². The second kappa shape index (κ2) is 15.7. The molecule has 0 N–H and O–H groups in total. The Labute approximate surface area is 333 Å². The fourth-order valence-corrected chi connectivity index (χ4v) is 9.57. The Kier molecular flexibility index (Phi) is 11.4. The minimum Gasteiger partial charge on any atom is -0.333 e. The van der Waals surface area contributed by atoms with Crippen LogP contribution in [0.2, 0.25) is 19.6 Å². The summed E-state index contributed by atoms with van der Waals surface area (Å²) in [6.07, 6.45) is 3.24. The number of para-hydroxylation sites is 2. The summed E-state index contributed by atoms with van der Waals surface area (Å²) in [7, 11) is -1.34. The van der Waals surface area contributed by atoms with Gasteiger partial charge in [0.25, 0.3) is 0 Å². The molecule has 3 nitrogen and oxygen atoms in total. The monoisotopic (exact) mass is 906 g/mol. The molecule has 6 heteroatoms. The summed E-state index contributed by atoms with van der Waals surface area (Å²) in [5.74, 6) is 1.59. The van der Waals surface area contributed by atoms with Crippen molar-refractivity contribution in [3.63, 3.8) is 0 Å². The molecular formula is C47H47IrN3SSi-2. The Balaban J connectivity index is 0.000000199. The summed E-state index contributed by atoms with van der Waals surface area (Å²) in [5.41, 5.74) is 9.28. The molecule has 0 aliphatic rings. The van der Waals surface area contributed by atoms with Gasteiger partial charge in [0.2, 0.25) is 0 Å². The van der Waals surface area contributed by atoms with Crippen LogP contribution in [0.5, 0.6) is 0 Å². The molecule has 53 heavy (non-hydrogen) atoms. The predicted octanol–water partition coefficient (Wildman–Crippen LogP) is 12.4. The SMILES string of the molecule is CC(C)(C)c1ccc(-n2c(-c3[c-]cc4c(c3)sc3ccccc34)nc3ccccc32)cc1.CC(C)Cc1cc(-c2[c-]cccc2)ncc1[Si](C)(C)C.[Ir]. The fraction of sp³-hybridized carbons (Fsp3) is 0.234. The van der Waals surface area contributed by atoms with Crippen LogP contribution in [-0.2, 0) is 31.9 Å². The second-order valence-electron chi connectivity index (χ2n) is 16.1. The van der Waals surface area contributed by atoms with Crippen LogP contribution in [0.25, 0.3) is 59.5 Å². The summed E-state index contributed by atoms with van der Waals surface area (Å²) >= 11 is 1.83. The van der Waals surface area contributed by atoms with Crippen molar-refractivity contribution in [2.75, 3.05) is 0 Å². The van der Waals surface area contributed by atoms with E-state index in [4.69, 9.17) is 4.98 Å². The molecular weight excluding hydrogens is 859 g/mol. The number of nitrogens with zero attached hydrogens (tertiary/aromatic N) is 3. The third-order valence-corrected chi connectivity index (χ3v) is 12.7. The maximum atomic E-state index is 5.03. The number of pyridine rings is 1. The van der Waals surface area contributed by atoms with Crippen LogP contribution in [0.4, 0.5) is 0 Å². The number of thiophene rings is 1. The average molecular weight is 906 g/mol. The van der Waals surface area contributed by atoms with Crippen LogP contribution in [0.15, 0.2) is 121 Å². The van der Waals surface area contributed by atoms with E-state index in [2.05, 4.69) is 173 Å². The number of benzene rings is 5. The minimum absolute atomic E-state index is 0. The van der Waals surface area contributed by atoms with Gasteiger partial charge < -0.3 is 9.55 Å². The fourth-order valence-electron chi connectivity index (χ4n) is 6.85. The number of hydrogen-bond acceptors (Lipinski definition) is 3. The zero-order valence-corrected chi connectivity index (χ0v) is 36.1. The largest absolute Gasteiger partial charge is 0.333 e. The Hall–Kier alpha value is -4.19. The van der Waals surface area contributed by atoms with E-state index in [-0.39, 0.29) is 25.5 Å². The summed E-state index contributed by atoms with van der Waals surface area (Å²) in [6.45, 7) is 18.5. The molecule has 0 unspecified atom stereocenters. The van der Waals surface area contributed by atoms with Crippen molar-refractivity contribution in [3.05, 3.63) is 145 Å². The third kappa shape index (κ3) is 8.32. The molecule has 0 saturated carbocycles. The Bertz CT molecular complexity index is 2480. The quantitative estimate of drug-likeness (QED) is 0.123. The van der Waals surface area contributed by atoms with Crippen LogP contribution in [-0.4, -0.2) is 22.6 Å². The van der Waals surface area contributed by atoms with Gasteiger partial charge in [-0.25, -0.2) is 0 Å². The van der Waals surface area contributed by atoms with Crippen molar-refractivity contribution in [1.82, 2.24) is 14.5 Å². The molecule has 8 rings (SSSR count). The first-order valence-corrected chi connectivity index (χ1v) is 22.6. The molecule has 3 aromatic heterocycles. The van der Waals surface area contributed by atoms with Gasteiger partial charge in [0.15, 0.2) is 0 Å². The van der Waals surface area contributed by atoms with Crippen molar-refractivity contribution in [2.45, 2.75) is 66.1 Å². The molecule has 0 bridgehead atoms. The molecule has 0 atom stereocenters. The van der Waals surface area contributed by atoms with Crippen LogP contribution >= 0.6 is 11.3 Å². The van der Waals surface area contributed by atoms with E-state index in [1.54, 1.807) is 0 Å². The molecule has 8 aromatic rings. The van der Waals surface area contributed by atoms with E-state index in [9.17, 15) is 0 Å². The molecule has 0 fully saturated rings. The van der Waals surface area contributed by atoms with Gasteiger partial charge in [-0.3, -0.25) is 4.98 Å². The number of rotatable bonds is 6. The van der Waals surface area contributed by atoms with E-state index in [1.807, 2.05) is 35.6 Å². The van der Waals surface area contributed by atoms with Crippen molar-refractivity contribution >= 4 is 55.8 Å². The van der Waals surface area contributed by atoms with Gasteiger partial charge in [0, 0.05) is 36.7 Å². The number of imidazole rings is 1. The summed E-state index contributed by atoms with van der Waals surface area (Å²) in [6, 6.07) is 47.3. The van der Waals surface area contributed by atoms with Gasteiger partial charge in [-0.15, -0.1) is 59.7 Å². The average Bonchev–Trinajstić information content (AvgIpc) is 3.70. The van der Waals surface area contributed by atoms with Crippen LogP contribution < -0.4 is 5.19 Å². The molecule has 0 aliphatic heterocycles. The van der Waals surface area contributed by atoms with E-state index in [0.717, 1.165) is 45.8 Å². The first kappa shape index (κ1) is 38.5. The zero-order chi connectivity index (χ0) is 36.6. The molecule has 0 amide bonds. The Morgan fingerprint density at radius 2 is 1.49 bits per heavy atom. The number of fused-ring (bicyclic) bond motifs is 4. The molecule has 0 saturated heterocycles. The second-order valence-corrected chi connectivity index (χ2v) is 22.3. The van der Waals surface area contributed by atoms with Gasteiger partial charge in [-0.2, -0.15) is 11.3 Å². The molecule has 3 heterocycles.